The van der Waals surface area contributed by atoms with Crippen molar-refractivity contribution in [1.29, 1.82) is 0 Å². The van der Waals surface area contributed by atoms with E-state index in [4.69, 9.17) is 0 Å². The molecular weight excluding hydrogens is 940 g/mol. The second kappa shape index (κ2) is 39.7. The number of benzene rings is 3. The summed E-state index contributed by atoms with van der Waals surface area (Å²) in [4.78, 5) is 28.5. The fourth-order valence-corrected chi connectivity index (χ4v) is 8.90. The van der Waals surface area contributed by atoms with Gasteiger partial charge in [0.25, 0.3) is 11.8 Å². The van der Waals surface area contributed by atoms with Crippen LogP contribution in [0.25, 0.3) is 0 Å². The van der Waals surface area contributed by atoms with Gasteiger partial charge >= 0.3 is 0 Å². The van der Waals surface area contributed by atoms with E-state index < -0.39 is 10.1 Å². The Hall–Kier alpha value is -3.68. The van der Waals surface area contributed by atoms with Crippen molar-refractivity contribution in [3.05, 3.63) is 89.5 Å². The van der Waals surface area contributed by atoms with Gasteiger partial charge in [0.15, 0.2) is 0 Å². The van der Waals surface area contributed by atoms with E-state index in [0.29, 0.717) is 0 Å². The van der Waals surface area contributed by atoms with Crippen molar-refractivity contribution in [3.8, 4) is 0 Å². The highest BCUT2D eigenvalue weighted by atomic mass is 35.5. The number of nitrogens with one attached hydrogen (secondary N) is 2. The predicted octanol–water partition coefficient (Wildman–Crippen LogP) is 9.64. The molecule has 0 unspecified atom stereocenters. The van der Waals surface area contributed by atoms with E-state index in [9.17, 15) is 22.6 Å². The van der Waals surface area contributed by atoms with Gasteiger partial charge in [0.05, 0.1) is 59.3 Å². The molecule has 412 valence electrons. The fourth-order valence-electron chi connectivity index (χ4n) is 8.43. The first-order chi connectivity index (χ1) is 33.7. The number of hydrogen-bond donors (Lipinski definition) is 2. The normalized spacial score (nSPS) is 11.3. The summed E-state index contributed by atoms with van der Waals surface area (Å²) in [6.07, 6.45) is 29.8. The second-order valence-corrected chi connectivity index (χ2v) is 22.9. The van der Waals surface area contributed by atoms with Gasteiger partial charge in [0.1, 0.15) is 10.1 Å². The third kappa shape index (κ3) is 34.7. The van der Waals surface area contributed by atoms with Crippen molar-refractivity contribution in [1.82, 2.24) is 10.6 Å². The Morgan fingerprint density at radius 3 is 1.01 bits per heavy atom. The van der Waals surface area contributed by atoms with Gasteiger partial charge in [-0.25, -0.2) is 8.42 Å². The molecule has 0 heterocycles. The Balaban J connectivity index is 0.00000114. The van der Waals surface area contributed by atoms with Gasteiger partial charge in [-0.2, -0.15) is 0 Å². The molecule has 0 aliphatic carbocycles. The van der Waals surface area contributed by atoms with Crippen molar-refractivity contribution in [2.45, 2.75) is 167 Å². The number of hydrogen-bond acceptors (Lipinski definition) is 7. The number of amides is 2. The Kier molecular flexibility index (Phi) is 37.7. The van der Waals surface area contributed by atoms with Crippen LogP contribution in [0.5, 0.6) is 0 Å². The molecular formula is C59H103ClN6O5S. The molecule has 13 heteroatoms. The fraction of sp³-hybridized carbons (Fsp3) is 0.661. The van der Waals surface area contributed by atoms with Gasteiger partial charge in [-0.15, -0.1) is 0 Å². The highest BCUT2D eigenvalue weighted by Crippen LogP contribution is 2.16. The van der Waals surface area contributed by atoms with E-state index in [1.165, 1.54) is 154 Å². The van der Waals surface area contributed by atoms with E-state index in [0.717, 1.165) is 76.1 Å². The molecule has 0 aliphatic heterocycles. The zero-order valence-electron chi connectivity index (χ0n) is 47.3. The molecule has 0 aromatic heterocycles. The molecule has 0 radical (unpaired) electrons. The van der Waals surface area contributed by atoms with Crippen LogP contribution >= 0.6 is 0 Å². The van der Waals surface area contributed by atoms with Gasteiger partial charge in [-0.1, -0.05) is 134 Å². The smallest absolute Gasteiger partial charge is 0.251 e. The summed E-state index contributed by atoms with van der Waals surface area (Å²) < 4.78 is 33.3. The number of quaternary nitrogens is 2. The molecule has 0 saturated heterocycles. The first-order valence-corrected chi connectivity index (χ1v) is 28.9. The van der Waals surface area contributed by atoms with Crippen molar-refractivity contribution in [2.75, 3.05) is 105 Å². The standard InChI is InChI=1S/2C26H47N3O.C7H8O3S.ClH/c2*1-6-7-8-9-10-11-12-13-14-15-22-29(4,5)23-16-21-27-26(30)24-17-19-25(20-18-24)28(2)3;1-6-2-4-7(5-3-6)11(8,9)10;/h2*17-20H,6-16,21-23H2,1-5H3;2-5H,1H3,(H,8,9,10);1H. The van der Waals surface area contributed by atoms with Gasteiger partial charge in [0, 0.05) is 76.6 Å². The number of carbonyl (C=O) groups excluding carboxylic acids is 2. The van der Waals surface area contributed by atoms with E-state index in [2.05, 4.69) is 52.7 Å². The van der Waals surface area contributed by atoms with E-state index in [1.54, 1.807) is 12.1 Å². The maximum Gasteiger partial charge on any atom is 0.251 e. The van der Waals surface area contributed by atoms with Gasteiger partial charge < -0.3 is 46.4 Å². The SMILES string of the molecule is CCCCCCCCCCCC[N+](C)(C)CCCNC(=O)c1ccc(N(C)C)cc1.CCCCCCCCCCCC[N+](C)(C)CCCNC(=O)c1ccc(N(C)C)cc1.Cc1ccc(S(=O)(=O)[O-])cc1.[Cl-]. The topological polar surface area (TPSA) is 122 Å². The molecule has 72 heavy (non-hydrogen) atoms. The number of unbranched alkanes of at least 4 members (excludes halogenated alkanes) is 18. The molecule has 2 N–H and O–H groups in total. The lowest BCUT2D eigenvalue weighted by molar-refractivity contribution is -0.890. The third-order valence-corrected chi connectivity index (χ3v) is 14.1. The van der Waals surface area contributed by atoms with Crippen LogP contribution in [0.1, 0.15) is 181 Å². The molecule has 0 aliphatic rings. The summed E-state index contributed by atoms with van der Waals surface area (Å²) in [5.41, 5.74) is 4.62. The molecule has 0 spiro atoms. The number of rotatable bonds is 35. The number of anilines is 2. The Bertz CT molecular complexity index is 1820. The lowest BCUT2D eigenvalue weighted by Gasteiger charge is -2.30. The van der Waals surface area contributed by atoms with Crippen LogP contribution in [-0.2, 0) is 10.1 Å². The first kappa shape index (κ1) is 68.3. The summed E-state index contributed by atoms with van der Waals surface area (Å²) in [5.74, 6) is 0.0561. The van der Waals surface area contributed by atoms with Crippen LogP contribution in [0.3, 0.4) is 0 Å². The van der Waals surface area contributed by atoms with Crippen LogP contribution in [0.2, 0.25) is 0 Å². The minimum Gasteiger partial charge on any atom is -1.00 e. The summed E-state index contributed by atoms with van der Waals surface area (Å²) in [5, 5.41) is 6.13. The number of nitrogens with zero attached hydrogens (tertiary/aromatic N) is 4. The molecule has 0 saturated carbocycles. The molecule has 2 amide bonds. The van der Waals surface area contributed by atoms with E-state index in [-0.39, 0.29) is 29.1 Å². The molecule has 3 rings (SSSR count). The Morgan fingerprint density at radius 1 is 0.458 bits per heavy atom. The zero-order chi connectivity index (χ0) is 53.0. The lowest BCUT2D eigenvalue weighted by atomic mass is 10.1. The largest absolute Gasteiger partial charge is 1.00 e. The van der Waals surface area contributed by atoms with Crippen molar-refractivity contribution < 1.29 is 43.9 Å². The van der Waals surface area contributed by atoms with Crippen LogP contribution in [0, 0.1) is 6.92 Å². The van der Waals surface area contributed by atoms with Crippen LogP contribution in [0.15, 0.2) is 77.7 Å². The Labute approximate surface area is 447 Å². The Morgan fingerprint density at radius 2 is 0.736 bits per heavy atom. The third-order valence-electron chi connectivity index (χ3n) is 13.3. The number of carbonyl (C=O) groups is 2. The molecule has 3 aromatic carbocycles. The lowest BCUT2D eigenvalue weighted by Crippen LogP contribution is -3.00. The quantitative estimate of drug-likeness (QED) is 0.0342. The first-order valence-electron chi connectivity index (χ1n) is 27.5. The second-order valence-electron chi connectivity index (χ2n) is 21.5. The van der Waals surface area contributed by atoms with Crippen molar-refractivity contribution in [2.24, 2.45) is 0 Å². The maximum absolute atomic E-state index is 12.3. The van der Waals surface area contributed by atoms with Gasteiger partial charge in [-0.3, -0.25) is 9.59 Å². The molecule has 11 nitrogen and oxygen atoms in total. The summed E-state index contributed by atoms with van der Waals surface area (Å²) in [7, 11) is 13.0. The monoisotopic (exact) mass is 1040 g/mol. The average molecular weight is 1040 g/mol. The minimum absolute atomic E-state index is 0. The summed E-state index contributed by atoms with van der Waals surface area (Å²) in [6, 6.07) is 21.3. The molecule has 0 fully saturated rings. The summed E-state index contributed by atoms with van der Waals surface area (Å²) in [6.45, 7) is 12.5. The highest BCUT2D eigenvalue weighted by molar-refractivity contribution is 7.85. The summed E-state index contributed by atoms with van der Waals surface area (Å²) >= 11 is 0. The molecule has 0 atom stereocenters. The minimum atomic E-state index is -4.27. The van der Waals surface area contributed by atoms with Crippen LogP contribution in [0.4, 0.5) is 11.4 Å². The van der Waals surface area contributed by atoms with Crippen LogP contribution < -0.4 is 32.8 Å². The van der Waals surface area contributed by atoms with Crippen molar-refractivity contribution in [3.63, 3.8) is 0 Å². The van der Waals surface area contributed by atoms with Gasteiger partial charge in [-0.05, 0) is 93.3 Å². The molecule has 0 bridgehead atoms. The molecule has 3 aromatic rings. The zero-order valence-corrected chi connectivity index (χ0v) is 48.9. The van der Waals surface area contributed by atoms with Crippen molar-refractivity contribution >= 4 is 33.3 Å². The number of aryl methyl sites for hydroxylation is 1. The van der Waals surface area contributed by atoms with Crippen LogP contribution in [-0.4, -0.2) is 129 Å². The van der Waals surface area contributed by atoms with E-state index in [1.807, 2.05) is 93.4 Å². The van der Waals surface area contributed by atoms with Gasteiger partial charge in [0.2, 0.25) is 0 Å². The maximum atomic E-state index is 12.3. The average Bonchev–Trinajstić information content (AvgIpc) is 3.33. The number of halogens is 1. The highest BCUT2D eigenvalue weighted by Gasteiger charge is 2.16. The predicted molar refractivity (Wildman–Crippen MR) is 302 cm³/mol. The van der Waals surface area contributed by atoms with E-state index >= 15 is 0 Å².